The Labute approximate surface area is 173 Å². The van der Waals surface area contributed by atoms with Gasteiger partial charge in [0.1, 0.15) is 12.1 Å². The number of nitrogens with zero attached hydrogens (tertiary/aromatic N) is 4. The van der Waals surface area contributed by atoms with E-state index in [4.69, 9.17) is 4.74 Å². The Balaban J connectivity index is 1.47. The zero-order chi connectivity index (χ0) is 20.4. The maximum Gasteiger partial charge on any atom is 0.196 e. The van der Waals surface area contributed by atoms with Crippen molar-refractivity contribution < 1.29 is 13.9 Å². The van der Waals surface area contributed by atoms with Crippen molar-refractivity contribution in [2.45, 2.75) is 44.5 Å². The second-order valence-corrected chi connectivity index (χ2v) is 8.12. The Morgan fingerprint density at radius 3 is 2.93 bits per heavy atom. The normalized spacial score (nSPS) is 16.4. The predicted molar refractivity (Wildman–Crippen MR) is 109 cm³/mol. The molecular formula is C21H23FN4O2S. The van der Waals surface area contributed by atoms with Crippen molar-refractivity contribution in [1.29, 1.82) is 0 Å². The van der Waals surface area contributed by atoms with Crippen molar-refractivity contribution in [3.63, 3.8) is 0 Å². The second-order valence-electron chi connectivity index (χ2n) is 7.18. The van der Waals surface area contributed by atoms with Crippen molar-refractivity contribution in [2.24, 2.45) is 0 Å². The highest BCUT2D eigenvalue weighted by Gasteiger charge is 2.21. The number of Topliss-reactive ketones (excluding diaryl/α,β-unsaturated/α-hetero) is 1. The fourth-order valence-corrected chi connectivity index (χ4v) is 4.50. The molecule has 152 valence electrons. The standard InChI is InChI=1S/C21H23FN4O2S/c1-14-10-17(15(2)25(14)11-16-6-5-9-28-16)20(27)12-29-21-24-23-13-26(21)19-8-4-3-7-18(19)22/h3-4,7-8,10,13,16H,5-6,9,11-12H2,1-2H3. The third kappa shape index (κ3) is 4.13. The largest absolute Gasteiger partial charge is 0.376 e. The summed E-state index contributed by atoms with van der Waals surface area (Å²) in [5.41, 5.74) is 3.09. The van der Waals surface area contributed by atoms with Gasteiger partial charge in [0.25, 0.3) is 0 Å². The van der Waals surface area contributed by atoms with Gasteiger partial charge in [-0.1, -0.05) is 23.9 Å². The number of thioether (sulfide) groups is 1. The number of aryl methyl sites for hydroxylation is 1. The van der Waals surface area contributed by atoms with Crippen molar-refractivity contribution >= 4 is 17.5 Å². The van der Waals surface area contributed by atoms with E-state index in [-0.39, 0.29) is 23.5 Å². The molecule has 0 N–H and O–H groups in total. The minimum atomic E-state index is -0.363. The van der Waals surface area contributed by atoms with E-state index in [9.17, 15) is 9.18 Å². The van der Waals surface area contributed by atoms with Gasteiger partial charge in [-0.3, -0.25) is 9.36 Å². The highest BCUT2D eigenvalue weighted by molar-refractivity contribution is 7.99. The van der Waals surface area contributed by atoms with Crippen molar-refractivity contribution in [3.05, 3.63) is 59.4 Å². The molecule has 1 aliphatic heterocycles. The highest BCUT2D eigenvalue weighted by Crippen LogP contribution is 2.25. The molecule has 6 nitrogen and oxygen atoms in total. The Morgan fingerprint density at radius 1 is 1.34 bits per heavy atom. The van der Waals surface area contributed by atoms with Gasteiger partial charge in [-0.15, -0.1) is 10.2 Å². The van der Waals surface area contributed by atoms with Gasteiger partial charge in [0.05, 0.1) is 17.5 Å². The van der Waals surface area contributed by atoms with Crippen LogP contribution in [-0.2, 0) is 11.3 Å². The van der Waals surface area contributed by atoms with Crippen LogP contribution in [0.2, 0.25) is 0 Å². The topological polar surface area (TPSA) is 61.9 Å². The quantitative estimate of drug-likeness (QED) is 0.432. The zero-order valence-corrected chi connectivity index (χ0v) is 17.3. The lowest BCUT2D eigenvalue weighted by molar-refractivity contribution is 0.0957. The summed E-state index contributed by atoms with van der Waals surface area (Å²) >= 11 is 1.26. The summed E-state index contributed by atoms with van der Waals surface area (Å²) in [6.45, 7) is 5.58. The fraction of sp³-hybridized carbons (Fsp3) is 0.381. The third-order valence-electron chi connectivity index (χ3n) is 5.25. The summed E-state index contributed by atoms with van der Waals surface area (Å²) in [7, 11) is 0. The van der Waals surface area contributed by atoms with Crippen molar-refractivity contribution in [2.75, 3.05) is 12.4 Å². The number of hydrogen-bond donors (Lipinski definition) is 0. The van der Waals surface area contributed by atoms with Gasteiger partial charge in [0.15, 0.2) is 10.9 Å². The number of hydrogen-bond acceptors (Lipinski definition) is 5. The summed E-state index contributed by atoms with van der Waals surface area (Å²) in [6, 6.07) is 8.36. The van der Waals surface area contributed by atoms with Gasteiger partial charge in [-0.2, -0.15) is 0 Å². The number of benzene rings is 1. The summed E-state index contributed by atoms with van der Waals surface area (Å²) in [5, 5.41) is 8.41. The van der Waals surface area contributed by atoms with Crippen LogP contribution in [0.25, 0.3) is 5.69 Å². The van der Waals surface area contributed by atoms with Crippen LogP contribution in [0.4, 0.5) is 4.39 Å². The molecule has 8 heteroatoms. The summed E-state index contributed by atoms with van der Waals surface area (Å²) in [5.74, 6) is -0.139. The number of ether oxygens (including phenoxy) is 1. The van der Waals surface area contributed by atoms with E-state index in [0.717, 1.165) is 37.4 Å². The first-order valence-corrected chi connectivity index (χ1v) is 10.6. The Hall–Kier alpha value is -2.45. The molecule has 3 aromatic rings. The van der Waals surface area contributed by atoms with Gasteiger partial charge in [0.2, 0.25) is 0 Å². The lowest BCUT2D eigenvalue weighted by Gasteiger charge is -2.14. The molecule has 0 aliphatic carbocycles. The van der Waals surface area contributed by atoms with Gasteiger partial charge in [-0.05, 0) is 44.9 Å². The monoisotopic (exact) mass is 414 g/mol. The predicted octanol–water partition coefficient (Wildman–Crippen LogP) is 3.98. The van der Waals surface area contributed by atoms with Gasteiger partial charge in [0, 0.05) is 30.1 Å². The molecule has 1 aromatic carbocycles. The molecule has 2 aromatic heterocycles. The molecule has 29 heavy (non-hydrogen) atoms. The van der Waals surface area contributed by atoms with E-state index in [0.29, 0.717) is 16.4 Å². The summed E-state index contributed by atoms with van der Waals surface area (Å²) in [4.78, 5) is 12.9. The molecule has 0 spiro atoms. The summed E-state index contributed by atoms with van der Waals surface area (Å²) in [6.07, 6.45) is 3.83. The van der Waals surface area contributed by atoms with Crippen LogP contribution in [-0.4, -0.2) is 43.6 Å². The van der Waals surface area contributed by atoms with Crippen LogP contribution in [0, 0.1) is 19.7 Å². The minimum absolute atomic E-state index is 0.0183. The highest BCUT2D eigenvalue weighted by atomic mass is 32.2. The van der Waals surface area contributed by atoms with Crippen molar-refractivity contribution in [3.8, 4) is 5.69 Å². The number of rotatable bonds is 7. The lowest BCUT2D eigenvalue weighted by atomic mass is 10.2. The van der Waals surface area contributed by atoms with Gasteiger partial charge in [-0.25, -0.2) is 4.39 Å². The molecular weight excluding hydrogens is 391 g/mol. The van der Waals surface area contributed by atoms with E-state index in [1.165, 1.54) is 24.2 Å². The smallest absolute Gasteiger partial charge is 0.196 e. The molecule has 4 rings (SSSR count). The average molecular weight is 415 g/mol. The Kier molecular flexibility index (Phi) is 5.82. The first-order chi connectivity index (χ1) is 14.0. The van der Waals surface area contributed by atoms with E-state index in [1.807, 2.05) is 19.9 Å². The molecule has 0 saturated carbocycles. The number of para-hydroxylation sites is 1. The van der Waals surface area contributed by atoms with Gasteiger partial charge < -0.3 is 9.30 Å². The Bertz CT molecular complexity index is 1020. The van der Waals surface area contributed by atoms with Crippen LogP contribution in [0.1, 0.15) is 34.6 Å². The molecule has 1 atom stereocenters. The maximum atomic E-state index is 14.1. The fourth-order valence-electron chi connectivity index (χ4n) is 3.70. The number of carbonyl (C=O) groups is 1. The molecule has 0 bridgehead atoms. The number of halogens is 1. The van der Waals surface area contributed by atoms with Crippen LogP contribution in [0.3, 0.4) is 0 Å². The Morgan fingerprint density at radius 2 is 2.17 bits per heavy atom. The van der Waals surface area contributed by atoms with Crippen LogP contribution >= 0.6 is 11.8 Å². The molecule has 0 amide bonds. The summed E-state index contributed by atoms with van der Waals surface area (Å²) < 4.78 is 23.6. The number of carbonyl (C=O) groups excluding carboxylic acids is 1. The number of ketones is 1. The lowest BCUT2D eigenvalue weighted by Crippen LogP contribution is -2.17. The van der Waals surface area contributed by atoms with E-state index < -0.39 is 0 Å². The first-order valence-electron chi connectivity index (χ1n) is 9.64. The molecule has 3 heterocycles. The van der Waals surface area contributed by atoms with E-state index in [2.05, 4.69) is 14.8 Å². The van der Waals surface area contributed by atoms with Crippen LogP contribution in [0.15, 0.2) is 41.8 Å². The zero-order valence-electron chi connectivity index (χ0n) is 16.5. The maximum absolute atomic E-state index is 14.1. The first kappa shape index (κ1) is 19.8. The average Bonchev–Trinajstić information content (AvgIpc) is 3.44. The molecule has 1 fully saturated rings. The van der Waals surface area contributed by atoms with Crippen LogP contribution < -0.4 is 0 Å². The minimum Gasteiger partial charge on any atom is -0.376 e. The molecule has 1 unspecified atom stereocenters. The van der Waals surface area contributed by atoms with Crippen LogP contribution in [0.5, 0.6) is 0 Å². The second kappa shape index (κ2) is 8.51. The van der Waals surface area contributed by atoms with Gasteiger partial charge >= 0.3 is 0 Å². The van der Waals surface area contributed by atoms with E-state index in [1.54, 1.807) is 22.8 Å². The number of aromatic nitrogens is 4. The molecule has 1 aliphatic rings. The third-order valence-corrected chi connectivity index (χ3v) is 6.19. The van der Waals surface area contributed by atoms with E-state index >= 15 is 0 Å². The van der Waals surface area contributed by atoms with Crippen molar-refractivity contribution in [1.82, 2.24) is 19.3 Å². The molecule has 0 radical (unpaired) electrons. The molecule has 1 saturated heterocycles. The SMILES string of the molecule is Cc1cc(C(=O)CSc2nncn2-c2ccccc2F)c(C)n1CC1CCCO1.